The molecular weight excluding hydrogens is 121 g/mol. The Bertz CT molecular complexity index is 57.0. The van der Waals surface area contributed by atoms with Crippen molar-refractivity contribution in [3.8, 4) is 0 Å². The van der Waals surface area contributed by atoms with Crippen LogP contribution in [0.3, 0.4) is 0 Å². The fraction of sp³-hybridized carbons (Fsp3) is 1.00. The van der Waals surface area contributed by atoms with E-state index >= 15 is 0 Å². The lowest BCUT2D eigenvalue weighted by Crippen LogP contribution is -2.26. The Morgan fingerprint density at radius 3 is 2.22 bits per heavy atom. The van der Waals surface area contributed by atoms with Crippen LogP contribution in [0.4, 0.5) is 4.53 Å². The van der Waals surface area contributed by atoms with Gasteiger partial charge in [-0.25, -0.2) is 0 Å². The SMILES string of the molecule is CCN(CC)CCOF. The van der Waals surface area contributed by atoms with Crippen molar-refractivity contribution in [2.45, 2.75) is 13.8 Å². The second-order valence-electron chi connectivity index (χ2n) is 1.84. The van der Waals surface area contributed by atoms with Gasteiger partial charge in [-0.1, -0.05) is 13.8 Å². The maximum absolute atomic E-state index is 11.1. The van der Waals surface area contributed by atoms with E-state index in [4.69, 9.17) is 0 Å². The van der Waals surface area contributed by atoms with E-state index in [1.54, 1.807) is 0 Å². The smallest absolute Gasteiger partial charge is 0.100 e. The van der Waals surface area contributed by atoms with E-state index in [1.165, 1.54) is 0 Å². The summed E-state index contributed by atoms with van der Waals surface area (Å²) in [6.45, 7) is 6.87. The van der Waals surface area contributed by atoms with E-state index in [2.05, 4.69) is 9.84 Å². The molecule has 0 aliphatic carbocycles. The first-order chi connectivity index (χ1) is 4.35. The highest BCUT2D eigenvalue weighted by Crippen LogP contribution is 1.85. The Balaban J connectivity index is 3.09. The largest absolute Gasteiger partial charge is 0.301 e. The van der Waals surface area contributed by atoms with E-state index in [-0.39, 0.29) is 6.61 Å². The van der Waals surface area contributed by atoms with Crippen molar-refractivity contribution in [3.63, 3.8) is 0 Å². The first kappa shape index (κ1) is 8.85. The van der Waals surface area contributed by atoms with Gasteiger partial charge >= 0.3 is 0 Å². The average Bonchev–Trinajstić information content (AvgIpc) is 1.91. The van der Waals surface area contributed by atoms with E-state index in [9.17, 15) is 4.53 Å². The summed E-state index contributed by atoms with van der Waals surface area (Å²) in [6.07, 6.45) is 0. The number of halogens is 1. The van der Waals surface area contributed by atoms with Crippen LogP contribution >= 0.6 is 0 Å². The van der Waals surface area contributed by atoms with Gasteiger partial charge in [0, 0.05) is 6.54 Å². The Morgan fingerprint density at radius 1 is 1.33 bits per heavy atom. The summed E-state index contributed by atoms with van der Waals surface area (Å²) in [6, 6.07) is 0. The van der Waals surface area contributed by atoms with Gasteiger partial charge in [0.05, 0.1) is 0 Å². The van der Waals surface area contributed by atoms with Crippen LogP contribution in [0.1, 0.15) is 13.8 Å². The van der Waals surface area contributed by atoms with Gasteiger partial charge in [-0.3, -0.25) is 0 Å². The van der Waals surface area contributed by atoms with Gasteiger partial charge in [0.2, 0.25) is 0 Å². The highest BCUT2D eigenvalue weighted by atomic mass is 19.3. The predicted molar refractivity (Wildman–Crippen MR) is 34.8 cm³/mol. The Hall–Kier alpha value is -0.150. The molecule has 56 valence electrons. The number of hydrogen-bond acceptors (Lipinski definition) is 2. The molecule has 0 bridgehead atoms. The average molecular weight is 135 g/mol. The van der Waals surface area contributed by atoms with Crippen molar-refractivity contribution in [1.82, 2.24) is 4.90 Å². The second-order valence-corrected chi connectivity index (χ2v) is 1.84. The van der Waals surface area contributed by atoms with Crippen molar-refractivity contribution in [1.29, 1.82) is 0 Å². The van der Waals surface area contributed by atoms with Crippen LogP contribution < -0.4 is 0 Å². The molecule has 0 heterocycles. The van der Waals surface area contributed by atoms with Crippen LogP contribution in [0.15, 0.2) is 0 Å². The number of nitrogens with zero attached hydrogens (tertiary/aromatic N) is 1. The van der Waals surface area contributed by atoms with Crippen molar-refractivity contribution in [3.05, 3.63) is 0 Å². The molecule has 0 saturated heterocycles. The first-order valence-corrected chi connectivity index (χ1v) is 3.31. The minimum absolute atomic E-state index is 0.182. The maximum Gasteiger partial charge on any atom is 0.100 e. The topological polar surface area (TPSA) is 12.5 Å². The third-order valence-corrected chi connectivity index (χ3v) is 1.38. The van der Waals surface area contributed by atoms with Gasteiger partial charge in [-0.05, 0) is 17.6 Å². The monoisotopic (exact) mass is 135 g/mol. The van der Waals surface area contributed by atoms with Crippen molar-refractivity contribution < 1.29 is 9.47 Å². The summed E-state index contributed by atoms with van der Waals surface area (Å²) in [5.74, 6) is 0. The van der Waals surface area contributed by atoms with Gasteiger partial charge in [0.25, 0.3) is 0 Å². The van der Waals surface area contributed by atoms with E-state index in [0.717, 1.165) is 13.1 Å². The normalized spacial score (nSPS) is 10.7. The lowest BCUT2D eigenvalue weighted by Gasteiger charge is -2.15. The van der Waals surface area contributed by atoms with Crippen molar-refractivity contribution in [2.24, 2.45) is 0 Å². The zero-order chi connectivity index (χ0) is 7.11. The summed E-state index contributed by atoms with van der Waals surface area (Å²) < 4.78 is 11.1. The summed E-state index contributed by atoms with van der Waals surface area (Å²) in [5, 5.41) is 0. The third-order valence-electron chi connectivity index (χ3n) is 1.38. The molecule has 0 atom stereocenters. The zero-order valence-corrected chi connectivity index (χ0v) is 6.06. The molecule has 0 aromatic carbocycles. The van der Waals surface area contributed by atoms with E-state index in [0.29, 0.717) is 6.54 Å². The summed E-state index contributed by atoms with van der Waals surface area (Å²) in [5.41, 5.74) is 0. The standard InChI is InChI=1S/C6H14FNO/c1-3-8(4-2)5-6-9-7/h3-6H2,1-2H3. The van der Waals surface area contributed by atoms with Gasteiger partial charge in [-0.15, -0.1) is 0 Å². The highest BCUT2D eigenvalue weighted by molar-refractivity contribution is 4.48. The van der Waals surface area contributed by atoms with Crippen LogP contribution in [-0.2, 0) is 4.94 Å². The molecule has 0 spiro atoms. The highest BCUT2D eigenvalue weighted by Gasteiger charge is 1.96. The van der Waals surface area contributed by atoms with Crippen LogP contribution in [0, 0.1) is 0 Å². The van der Waals surface area contributed by atoms with E-state index < -0.39 is 0 Å². The van der Waals surface area contributed by atoms with Crippen molar-refractivity contribution >= 4 is 0 Å². The molecule has 0 N–H and O–H groups in total. The molecule has 0 radical (unpaired) electrons. The summed E-state index contributed by atoms with van der Waals surface area (Å²) in [7, 11) is 0. The minimum Gasteiger partial charge on any atom is -0.301 e. The molecule has 3 heteroatoms. The third kappa shape index (κ3) is 4.36. The molecule has 0 aromatic heterocycles. The molecule has 0 aromatic rings. The van der Waals surface area contributed by atoms with Crippen LogP contribution in [-0.4, -0.2) is 31.1 Å². The molecular formula is C6H14FNO. The van der Waals surface area contributed by atoms with Gasteiger partial charge in [0.1, 0.15) is 6.61 Å². The number of rotatable bonds is 5. The summed E-state index contributed by atoms with van der Waals surface area (Å²) in [4.78, 5) is 5.53. The Kier molecular flexibility index (Phi) is 5.88. The maximum atomic E-state index is 11.1. The zero-order valence-electron chi connectivity index (χ0n) is 6.06. The van der Waals surface area contributed by atoms with Crippen LogP contribution in [0.2, 0.25) is 0 Å². The number of hydrogen-bond donors (Lipinski definition) is 0. The quantitative estimate of drug-likeness (QED) is 0.562. The second kappa shape index (κ2) is 5.98. The first-order valence-electron chi connectivity index (χ1n) is 3.31. The van der Waals surface area contributed by atoms with Crippen molar-refractivity contribution in [2.75, 3.05) is 26.2 Å². The lowest BCUT2D eigenvalue weighted by atomic mass is 10.5. The van der Waals surface area contributed by atoms with Crippen LogP contribution in [0.25, 0.3) is 0 Å². The fourth-order valence-electron chi connectivity index (χ4n) is 0.703. The molecule has 9 heavy (non-hydrogen) atoms. The van der Waals surface area contributed by atoms with E-state index in [1.807, 2.05) is 13.8 Å². The molecule has 0 amide bonds. The molecule has 0 unspecified atom stereocenters. The number of likely N-dealkylation sites (N-methyl/N-ethyl adjacent to an activating group) is 1. The molecule has 2 nitrogen and oxygen atoms in total. The predicted octanol–water partition coefficient (Wildman–Crippen LogP) is 1.23. The Labute approximate surface area is 55.5 Å². The molecule has 0 saturated carbocycles. The Morgan fingerprint density at radius 2 is 1.89 bits per heavy atom. The molecule has 0 aliphatic rings. The molecule has 0 rings (SSSR count). The minimum atomic E-state index is 0.182. The van der Waals surface area contributed by atoms with Gasteiger partial charge in [-0.2, -0.15) is 4.94 Å². The fourth-order valence-corrected chi connectivity index (χ4v) is 0.703. The summed E-state index contributed by atoms with van der Waals surface area (Å²) >= 11 is 0. The van der Waals surface area contributed by atoms with Gasteiger partial charge < -0.3 is 4.90 Å². The molecule has 0 fully saturated rings. The molecule has 0 aliphatic heterocycles. The van der Waals surface area contributed by atoms with Crippen LogP contribution in [0.5, 0.6) is 0 Å². The van der Waals surface area contributed by atoms with Gasteiger partial charge in [0.15, 0.2) is 0 Å². The lowest BCUT2D eigenvalue weighted by molar-refractivity contribution is -0.135.